The highest BCUT2D eigenvalue weighted by Crippen LogP contribution is 2.23. The Labute approximate surface area is 131 Å². The Morgan fingerprint density at radius 2 is 2.29 bits per heavy atom. The zero-order valence-corrected chi connectivity index (χ0v) is 13.1. The van der Waals surface area contributed by atoms with E-state index in [0.29, 0.717) is 36.3 Å². The third kappa shape index (κ3) is 5.21. The van der Waals surface area contributed by atoms with Crippen molar-refractivity contribution >= 4 is 17.5 Å². The molecule has 1 aromatic carbocycles. The molecule has 1 aliphatic heterocycles. The molecule has 116 valence electrons. The molecule has 0 spiro atoms. The lowest BCUT2D eigenvalue weighted by molar-refractivity contribution is -0.131. The van der Waals surface area contributed by atoms with Crippen molar-refractivity contribution in [2.24, 2.45) is 5.92 Å². The third-order valence-corrected chi connectivity index (χ3v) is 3.96. The van der Waals surface area contributed by atoms with E-state index in [-0.39, 0.29) is 5.91 Å². The highest BCUT2D eigenvalue weighted by atomic mass is 35.5. The molecule has 2 rings (SSSR count). The van der Waals surface area contributed by atoms with Crippen LogP contribution >= 0.6 is 11.6 Å². The molecule has 0 radical (unpaired) electrons. The summed E-state index contributed by atoms with van der Waals surface area (Å²) < 4.78 is 10.9. The summed E-state index contributed by atoms with van der Waals surface area (Å²) >= 11 is 6.01. The van der Waals surface area contributed by atoms with Crippen LogP contribution in [0.25, 0.3) is 0 Å². The van der Waals surface area contributed by atoms with E-state index >= 15 is 0 Å². The zero-order chi connectivity index (χ0) is 15.1. The quantitative estimate of drug-likeness (QED) is 0.727. The number of carbonyl (C=O) groups is 1. The Kier molecular flexibility index (Phi) is 6.33. The van der Waals surface area contributed by atoms with Gasteiger partial charge >= 0.3 is 0 Å². The van der Waals surface area contributed by atoms with E-state index in [1.165, 1.54) is 0 Å². The standard InChI is InChI=1S/C16H22ClNO3/c1-18(16(19)11-13-7-10-20-12-13)8-4-9-21-15-6-3-2-5-14(15)17/h2-3,5-6,13H,4,7-12H2,1H3/t13-/m0/s1. The number of para-hydroxylation sites is 1. The predicted molar refractivity (Wildman–Crippen MR) is 82.7 cm³/mol. The number of hydrogen-bond donors (Lipinski definition) is 0. The summed E-state index contributed by atoms with van der Waals surface area (Å²) in [6.07, 6.45) is 2.37. The number of benzene rings is 1. The second-order valence-corrected chi connectivity index (χ2v) is 5.79. The first-order valence-corrected chi connectivity index (χ1v) is 7.73. The van der Waals surface area contributed by atoms with Gasteiger partial charge in [0.1, 0.15) is 5.75 Å². The highest BCUT2D eigenvalue weighted by Gasteiger charge is 2.20. The highest BCUT2D eigenvalue weighted by molar-refractivity contribution is 6.32. The number of amides is 1. The van der Waals surface area contributed by atoms with Crippen LogP contribution in [0.3, 0.4) is 0 Å². The Balaban J connectivity index is 1.63. The van der Waals surface area contributed by atoms with Gasteiger partial charge < -0.3 is 14.4 Å². The van der Waals surface area contributed by atoms with Gasteiger partial charge in [0.2, 0.25) is 5.91 Å². The van der Waals surface area contributed by atoms with Crippen LogP contribution < -0.4 is 4.74 Å². The second kappa shape index (κ2) is 8.25. The normalized spacial score (nSPS) is 17.7. The van der Waals surface area contributed by atoms with Crippen LogP contribution in [0.4, 0.5) is 0 Å². The Morgan fingerprint density at radius 3 is 3.00 bits per heavy atom. The minimum Gasteiger partial charge on any atom is -0.492 e. The topological polar surface area (TPSA) is 38.8 Å². The van der Waals surface area contributed by atoms with E-state index in [9.17, 15) is 4.79 Å². The van der Waals surface area contributed by atoms with Crippen molar-refractivity contribution < 1.29 is 14.3 Å². The molecule has 0 saturated carbocycles. The summed E-state index contributed by atoms with van der Waals surface area (Å²) in [5.74, 6) is 1.26. The van der Waals surface area contributed by atoms with Crippen LogP contribution in [-0.2, 0) is 9.53 Å². The number of halogens is 1. The van der Waals surface area contributed by atoms with Crippen molar-refractivity contribution in [1.82, 2.24) is 4.90 Å². The summed E-state index contributed by atoms with van der Waals surface area (Å²) in [7, 11) is 1.84. The number of rotatable bonds is 7. The lowest BCUT2D eigenvalue weighted by atomic mass is 10.0. The molecule has 1 amide bonds. The van der Waals surface area contributed by atoms with E-state index in [1.54, 1.807) is 11.0 Å². The predicted octanol–water partition coefficient (Wildman–Crippen LogP) is 2.99. The molecule has 1 heterocycles. The summed E-state index contributed by atoms with van der Waals surface area (Å²) in [6.45, 7) is 2.74. The molecule has 4 nitrogen and oxygen atoms in total. The van der Waals surface area contributed by atoms with Crippen molar-refractivity contribution in [2.75, 3.05) is 33.4 Å². The molecular formula is C16H22ClNO3. The van der Waals surface area contributed by atoms with E-state index in [2.05, 4.69) is 0 Å². The van der Waals surface area contributed by atoms with E-state index in [4.69, 9.17) is 21.1 Å². The van der Waals surface area contributed by atoms with Gasteiger partial charge in [0.15, 0.2) is 0 Å². The second-order valence-electron chi connectivity index (χ2n) is 5.38. The zero-order valence-electron chi connectivity index (χ0n) is 12.4. The first-order chi connectivity index (χ1) is 10.2. The molecule has 1 atom stereocenters. The van der Waals surface area contributed by atoms with Crippen LogP contribution in [0.1, 0.15) is 19.3 Å². The van der Waals surface area contributed by atoms with Crippen molar-refractivity contribution in [2.45, 2.75) is 19.3 Å². The fourth-order valence-electron chi connectivity index (χ4n) is 2.32. The molecule has 1 saturated heterocycles. The number of ether oxygens (including phenoxy) is 2. The van der Waals surface area contributed by atoms with Crippen LogP contribution in [0.15, 0.2) is 24.3 Å². The molecular weight excluding hydrogens is 290 g/mol. The summed E-state index contributed by atoms with van der Waals surface area (Å²) in [5.41, 5.74) is 0. The number of nitrogens with zero attached hydrogens (tertiary/aromatic N) is 1. The minimum absolute atomic E-state index is 0.184. The maximum atomic E-state index is 12.0. The Bertz CT molecular complexity index is 461. The first-order valence-electron chi connectivity index (χ1n) is 7.36. The first kappa shape index (κ1) is 16.1. The Morgan fingerprint density at radius 1 is 1.48 bits per heavy atom. The monoisotopic (exact) mass is 311 g/mol. The van der Waals surface area contributed by atoms with Gasteiger partial charge in [0, 0.05) is 33.2 Å². The average molecular weight is 312 g/mol. The maximum absolute atomic E-state index is 12.0. The maximum Gasteiger partial charge on any atom is 0.222 e. The smallest absolute Gasteiger partial charge is 0.222 e. The minimum atomic E-state index is 0.184. The molecule has 0 N–H and O–H groups in total. The van der Waals surface area contributed by atoms with Gasteiger partial charge in [0.25, 0.3) is 0 Å². The van der Waals surface area contributed by atoms with E-state index in [1.807, 2.05) is 25.2 Å². The van der Waals surface area contributed by atoms with Crippen molar-refractivity contribution in [1.29, 1.82) is 0 Å². The fraction of sp³-hybridized carbons (Fsp3) is 0.562. The van der Waals surface area contributed by atoms with Crippen LogP contribution in [0.5, 0.6) is 5.75 Å². The number of carbonyl (C=O) groups excluding carboxylic acids is 1. The van der Waals surface area contributed by atoms with Crippen LogP contribution in [-0.4, -0.2) is 44.2 Å². The van der Waals surface area contributed by atoms with Gasteiger partial charge in [-0.15, -0.1) is 0 Å². The molecule has 0 unspecified atom stereocenters. The average Bonchev–Trinajstić information content (AvgIpc) is 2.98. The molecule has 1 fully saturated rings. The van der Waals surface area contributed by atoms with Crippen molar-refractivity contribution in [3.8, 4) is 5.75 Å². The Hall–Kier alpha value is -1.26. The van der Waals surface area contributed by atoms with Crippen molar-refractivity contribution in [3.05, 3.63) is 29.3 Å². The summed E-state index contributed by atoms with van der Waals surface area (Å²) in [4.78, 5) is 13.8. The SMILES string of the molecule is CN(CCCOc1ccccc1Cl)C(=O)C[C@@H]1CCOC1. The molecule has 0 aromatic heterocycles. The fourth-order valence-corrected chi connectivity index (χ4v) is 2.51. The van der Waals surface area contributed by atoms with Gasteiger partial charge in [-0.3, -0.25) is 4.79 Å². The lowest BCUT2D eigenvalue weighted by Crippen LogP contribution is -2.30. The van der Waals surface area contributed by atoms with Crippen LogP contribution in [0, 0.1) is 5.92 Å². The van der Waals surface area contributed by atoms with Gasteiger partial charge in [-0.1, -0.05) is 23.7 Å². The molecule has 21 heavy (non-hydrogen) atoms. The van der Waals surface area contributed by atoms with E-state index < -0.39 is 0 Å². The van der Waals surface area contributed by atoms with Gasteiger partial charge in [-0.25, -0.2) is 0 Å². The molecule has 0 aliphatic carbocycles. The largest absolute Gasteiger partial charge is 0.492 e. The van der Waals surface area contributed by atoms with E-state index in [0.717, 1.165) is 26.1 Å². The van der Waals surface area contributed by atoms with Crippen LogP contribution in [0.2, 0.25) is 5.02 Å². The number of hydrogen-bond acceptors (Lipinski definition) is 3. The third-order valence-electron chi connectivity index (χ3n) is 3.65. The molecule has 5 heteroatoms. The molecule has 0 bridgehead atoms. The molecule has 1 aromatic rings. The van der Waals surface area contributed by atoms with Crippen molar-refractivity contribution in [3.63, 3.8) is 0 Å². The summed E-state index contributed by atoms with van der Waals surface area (Å²) in [6, 6.07) is 7.41. The van der Waals surface area contributed by atoms with Gasteiger partial charge in [-0.2, -0.15) is 0 Å². The summed E-state index contributed by atoms with van der Waals surface area (Å²) in [5, 5.41) is 0.614. The molecule has 1 aliphatic rings. The van der Waals surface area contributed by atoms with Gasteiger partial charge in [0.05, 0.1) is 11.6 Å². The van der Waals surface area contributed by atoms with Gasteiger partial charge in [-0.05, 0) is 30.9 Å². The lowest BCUT2D eigenvalue weighted by Gasteiger charge is -2.19.